The van der Waals surface area contributed by atoms with E-state index in [2.05, 4.69) is 9.46 Å². The third-order valence-electron chi connectivity index (χ3n) is 4.50. The molecular weight excluding hydrogens is 411 g/mol. The molecule has 0 amide bonds. The molecule has 3 rings (SSSR count). The summed E-state index contributed by atoms with van der Waals surface area (Å²) in [6, 6.07) is 7.29. The molecule has 1 heterocycles. The lowest BCUT2D eigenvalue weighted by atomic mass is 10.2. The van der Waals surface area contributed by atoms with Crippen LogP contribution in [-0.4, -0.2) is 51.5 Å². The number of rotatable bonds is 6. The molecule has 0 atom stereocenters. The number of hydrogen-bond acceptors (Lipinski definition) is 6. The summed E-state index contributed by atoms with van der Waals surface area (Å²) in [7, 11) is -4.12. The van der Waals surface area contributed by atoms with Crippen molar-refractivity contribution in [2.75, 3.05) is 35.8 Å². The van der Waals surface area contributed by atoms with E-state index in [4.69, 9.17) is 0 Å². The fourth-order valence-electron chi connectivity index (χ4n) is 2.93. The zero-order valence-corrected chi connectivity index (χ0v) is 16.3. The molecule has 0 unspecified atom stereocenters. The normalized spacial score (nSPS) is 15.6. The minimum Gasteiger partial charge on any atom is -0.435 e. The molecule has 0 aliphatic carbocycles. The Morgan fingerprint density at radius 1 is 1.10 bits per heavy atom. The van der Waals surface area contributed by atoms with Crippen LogP contribution in [0.1, 0.15) is 5.56 Å². The molecule has 1 saturated heterocycles. The molecule has 0 bridgehead atoms. The number of hydrogen-bond donors (Lipinski definition) is 2. The number of aryl methyl sites for hydroxylation is 1. The van der Waals surface area contributed by atoms with Gasteiger partial charge in [0.15, 0.2) is 0 Å². The van der Waals surface area contributed by atoms with Crippen LogP contribution < -0.4 is 14.4 Å². The number of sulfonamides is 1. The SMILES string of the molecule is Cc1ccc(OC(F)F)cc1NS(=O)(=O)c1ccc(F)c(N2CCN(O)CC2)c1. The molecule has 1 aliphatic rings. The second-order valence-corrected chi connectivity index (χ2v) is 8.20. The van der Waals surface area contributed by atoms with Crippen LogP contribution >= 0.6 is 0 Å². The number of ether oxygens (including phenoxy) is 1. The van der Waals surface area contributed by atoms with Crippen LogP contribution in [0, 0.1) is 12.7 Å². The zero-order valence-electron chi connectivity index (χ0n) is 15.5. The first-order valence-corrected chi connectivity index (χ1v) is 10.2. The van der Waals surface area contributed by atoms with E-state index in [0.29, 0.717) is 31.7 Å². The maximum absolute atomic E-state index is 14.3. The number of halogens is 3. The van der Waals surface area contributed by atoms with Crippen molar-refractivity contribution in [2.45, 2.75) is 18.4 Å². The van der Waals surface area contributed by atoms with Gasteiger partial charge in [0.1, 0.15) is 11.6 Å². The molecule has 2 N–H and O–H groups in total. The first-order chi connectivity index (χ1) is 13.7. The molecule has 0 aromatic heterocycles. The minimum atomic E-state index is -4.12. The van der Waals surface area contributed by atoms with Crippen molar-refractivity contribution in [2.24, 2.45) is 0 Å². The van der Waals surface area contributed by atoms with E-state index in [1.807, 2.05) is 0 Å². The highest BCUT2D eigenvalue weighted by Gasteiger charge is 2.23. The van der Waals surface area contributed by atoms with Crippen LogP contribution in [0.15, 0.2) is 41.3 Å². The predicted molar refractivity (Wildman–Crippen MR) is 101 cm³/mol. The molecular formula is C18H20F3N3O4S. The van der Waals surface area contributed by atoms with Gasteiger partial charge in [-0.3, -0.25) is 4.72 Å². The second kappa shape index (κ2) is 8.47. The number of benzene rings is 2. The summed E-state index contributed by atoms with van der Waals surface area (Å²) in [5.41, 5.74) is 0.673. The van der Waals surface area contributed by atoms with E-state index in [9.17, 15) is 26.8 Å². The summed E-state index contributed by atoms with van der Waals surface area (Å²) in [5, 5.41) is 10.5. The lowest BCUT2D eigenvalue weighted by Gasteiger charge is -2.33. The van der Waals surface area contributed by atoms with E-state index < -0.39 is 22.5 Å². The van der Waals surface area contributed by atoms with Gasteiger partial charge < -0.3 is 14.8 Å². The first-order valence-electron chi connectivity index (χ1n) is 8.72. The Morgan fingerprint density at radius 3 is 2.45 bits per heavy atom. The van der Waals surface area contributed by atoms with Crippen molar-refractivity contribution in [3.8, 4) is 5.75 Å². The Morgan fingerprint density at radius 2 is 1.79 bits per heavy atom. The van der Waals surface area contributed by atoms with Gasteiger partial charge in [-0.05, 0) is 36.8 Å². The molecule has 1 fully saturated rings. The maximum atomic E-state index is 14.3. The lowest BCUT2D eigenvalue weighted by molar-refractivity contribution is -0.0936. The van der Waals surface area contributed by atoms with Crippen LogP contribution in [0.3, 0.4) is 0 Å². The third-order valence-corrected chi connectivity index (χ3v) is 5.87. The number of alkyl halides is 2. The Hall–Kier alpha value is -2.50. The monoisotopic (exact) mass is 431 g/mol. The van der Waals surface area contributed by atoms with E-state index in [1.165, 1.54) is 18.2 Å². The molecule has 7 nitrogen and oxygen atoms in total. The van der Waals surface area contributed by atoms with Crippen LogP contribution in [0.25, 0.3) is 0 Å². The van der Waals surface area contributed by atoms with Crippen molar-refractivity contribution in [3.05, 3.63) is 47.8 Å². The van der Waals surface area contributed by atoms with Crippen molar-refractivity contribution < 1.29 is 31.5 Å². The van der Waals surface area contributed by atoms with Gasteiger partial charge in [0.05, 0.1) is 16.3 Å². The van der Waals surface area contributed by atoms with E-state index in [-0.39, 0.29) is 22.0 Å². The standard InChI is InChI=1S/C18H20F3N3O4S/c1-12-2-3-13(28-18(20)21)10-16(12)22-29(26,27)14-4-5-15(19)17(11-14)23-6-8-24(25)9-7-23/h2-5,10-11,18,22,25H,6-9H2,1H3. The highest BCUT2D eigenvalue weighted by atomic mass is 32.2. The summed E-state index contributed by atoms with van der Waals surface area (Å²) >= 11 is 0. The van der Waals surface area contributed by atoms with Gasteiger partial charge in [-0.15, -0.1) is 0 Å². The Labute approximate surface area is 166 Å². The van der Waals surface area contributed by atoms with Gasteiger partial charge in [-0.1, -0.05) is 6.07 Å². The Balaban J connectivity index is 1.87. The predicted octanol–water partition coefficient (Wildman–Crippen LogP) is 3.05. The summed E-state index contributed by atoms with van der Waals surface area (Å²) < 4.78 is 71.4. The summed E-state index contributed by atoms with van der Waals surface area (Å²) in [5.74, 6) is -0.774. The lowest BCUT2D eigenvalue weighted by Crippen LogP contribution is -2.45. The number of nitrogens with one attached hydrogen (secondary N) is 1. The molecule has 11 heteroatoms. The minimum absolute atomic E-state index is 0.0721. The number of hydroxylamine groups is 2. The molecule has 29 heavy (non-hydrogen) atoms. The van der Waals surface area contributed by atoms with Crippen LogP contribution in [0.5, 0.6) is 5.75 Å². The maximum Gasteiger partial charge on any atom is 0.387 e. The molecule has 0 radical (unpaired) electrons. The van der Waals surface area contributed by atoms with E-state index in [1.54, 1.807) is 11.8 Å². The molecule has 2 aromatic carbocycles. The second-order valence-electron chi connectivity index (χ2n) is 6.51. The molecule has 2 aromatic rings. The largest absolute Gasteiger partial charge is 0.435 e. The smallest absolute Gasteiger partial charge is 0.387 e. The highest BCUT2D eigenvalue weighted by molar-refractivity contribution is 7.92. The number of piperazine rings is 1. The average Bonchev–Trinajstić information content (AvgIpc) is 2.65. The van der Waals surface area contributed by atoms with Crippen molar-refractivity contribution in [1.29, 1.82) is 0 Å². The quantitative estimate of drug-likeness (QED) is 0.732. The van der Waals surface area contributed by atoms with E-state index in [0.717, 1.165) is 23.3 Å². The fourth-order valence-corrected chi connectivity index (χ4v) is 4.07. The fraction of sp³-hybridized carbons (Fsp3) is 0.333. The molecule has 0 spiro atoms. The highest BCUT2D eigenvalue weighted by Crippen LogP contribution is 2.28. The number of anilines is 2. The zero-order chi connectivity index (χ0) is 21.2. The van der Waals surface area contributed by atoms with E-state index >= 15 is 0 Å². The van der Waals surface area contributed by atoms with Crippen molar-refractivity contribution in [3.63, 3.8) is 0 Å². The van der Waals surface area contributed by atoms with Crippen molar-refractivity contribution in [1.82, 2.24) is 5.06 Å². The Bertz CT molecular complexity index is 980. The average molecular weight is 431 g/mol. The summed E-state index contributed by atoms with van der Waals surface area (Å²) in [4.78, 5) is 1.46. The molecule has 158 valence electrons. The third kappa shape index (κ3) is 5.11. The molecule has 0 saturated carbocycles. The Kier molecular flexibility index (Phi) is 6.20. The van der Waals surface area contributed by atoms with Crippen molar-refractivity contribution >= 4 is 21.4 Å². The van der Waals surface area contributed by atoms with Gasteiger partial charge in [-0.25, -0.2) is 12.8 Å². The molecule has 1 aliphatic heterocycles. The van der Waals surface area contributed by atoms with Gasteiger partial charge >= 0.3 is 6.61 Å². The van der Waals surface area contributed by atoms with Crippen LogP contribution in [0.2, 0.25) is 0 Å². The van der Waals surface area contributed by atoms with Gasteiger partial charge in [0.25, 0.3) is 10.0 Å². The van der Waals surface area contributed by atoms with Gasteiger partial charge in [0, 0.05) is 32.2 Å². The van der Waals surface area contributed by atoms with Crippen LogP contribution in [0.4, 0.5) is 24.5 Å². The number of nitrogens with zero attached hydrogens (tertiary/aromatic N) is 2. The van der Waals surface area contributed by atoms with Crippen LogP contribution in [-0.2, 0) is 10.0 Å². The summed E-state index contributed by atoms with van der Waals surface area (Å²) in [6.07, 6.45) is 0. The topological polar surface area (TPSA) is 82.1 Å². The van der Waals surface area contributed by atoms with Gasteiger partial charge in [0.2, 0.25) is 0 Å². The first kappa shape index (κ1) is 21.2. The summed E-state index contributed by atoms with van der Waals surface area (Å²) in [6.45, 7) is -0.182. The van der Waals surface area contributed by atoms with Gasteiger partial charge in [-0.2, -0.15) is 13.8 Å².